The van der Waals surface area contributed by atoms with E-state index in [1.807, 2.05) is 6.92 Å². The molecular weight excluding hydrogens is 218 g/mol. The molecule has 0 bridgehead atoms. The SMILES string of the molecule is CNC(=O)O[C@]1(C(C)(C)C)CC[C@@](C)(O)CC1. The predicted octanol–water partition coefficient (Wildman–Crippen LogP) is 2.45. The predicted molar refractivity (Wildman–Crippen MR) is 66.8 cm³/mol. The fourth-order valence-electron chi connectivity index (χ4n) is 2.43. The molecule has 1 aliphatic rings. The molecule has 1 fully saturated rings. The van der Waals surface area contributed by atoms with Crippen LogP contribution in [0.5, 0.6) is 0 Å². The molecule has 1 rings (SSSR count). The fourth-order valence-corrected chi connectivity index (χ4v) is 2.43. The molecule has 4 nitrogen and oxygen atoms in total. The number of nitrogens with one attached hydrogen (secondary N) is 1. The molecule has 0 spiro atoms. The number of hydrogen-bond donors (Lipinski definition) is 2. The zero-order chi connectivity index (χ0) is 13.3. The van der Waals surface area contributed by atoms with Gasteiger partial charge < -0.3 is 15.2 Å². The smallest absolute Gasteiger partial charge is 0.407 e. The average molecular weight is 243 g/mol. The summed E-state index contributed by atoms with van der Waals surface area (Å²) in [6.45, 7) is 8.08. The molecule has 0 aromatic rings. The minimum absolute atomic E-state index is 0.129. The van der Waals surface area contributed by atoms with E-state index in [-0.39, 0.29) is 11.5 Å². The monoisotopic (exact) mass is 243 g/mol. The molecule has 4 heteroatoms. The van der Waals surface area contributed by atoms with Crippen LogP contribution in [0.1, 0.15) is 53.4 Å². The van der Waals surface area contributed by atoms with Crippen molar-refractivity contribution in [2.24, 2.45) is 5.41 Å². The molecule has 2 N–H and O–H groups in total. The van der Waals surface area contributed by atoms with E-state index in [4.69, 9.17) is 4.74 Å². The van der Waals surface area contributed by atoms with E-state index in [9.17, 15) is 9.90 Å². The molecular formula is C13H25NO3. The van der Waals surface area contributed by atoms with Gasteiger partial charge in [-0.05, 0) is 32.6 Å². The molecule has 0 saturated heterocycles. The molecule has 0 atom stereocenters. The van der Waals surface area contributed by atoms with Crippen molar-refractivity contribution in [2.75, 3.05) is 7.05 Å². The molecule has 0 aliphatic heterocycles. The second-order valence-electron chi connectivity index (χ2n) is 6.38. The van der Waals surface area contributed by atoms with Crippen molar-refractivity contribution in [3.8, 4) is 0 Å². The summed E-state index contributed by atoms with van der Waals surface area (Å²) >= 11 is 0. The van der Waals surface area contributed by atoms with E-state index in [0.717, 1.165) is 0 Å². The van der Waals surface area contributed by atoms with Gasteiger partial charge >= 0.3 is 6.09 Å². The number of carbonyl (C=O) groups excluding carboxylic acids is 1. The largest absolute Gasteiger partial charge is 0.442 e. The fraction of sp³-hybridized carbons (Fsp3) is 0.923. The molecule has 0 aromatic heterocycles. The van der Waals surface area contributed by atoms with Crippen LogP contribution in [0.25, 0.3) is 0 Å². The lowest BCUT2D eigenvalue weighted by Gasteiger charge is -2.49. The van der Waals surface area contributed by atoms with Gasteiger partial charge in [0.05, 0.1) is 5.60 Å². The standard InChI is InChI=1S/C13H25NO3/c1-11(2,3)13(17-10(15)14-5)8-6-12(4,16)7-9-13/h16H,6-9H2,1-5H3,(H,14,15)/t12-,13-. The van der Waals surface area contributed by atoms with Crippen molar-refractivity contribution in [3.05, 3.63) is 0 Å². The van der Waals surface area contributed by atoms with Crippen molar-refractivity contribution < 1.29 is 14.6 Å². The van der Waals surface area contributed by atoms with Crippen LogP contribution in [0.3, 0.4) is 0 Å². The molecule has 0 aromatic carbocycles. The second kappa shape index (κ2) is 4.48. The molecule has 0 radical (unpaired) electrons. The maximum absolute atomic E-state index is 11.5. The third kappa shape index (κ3) is 3.12. The Hall–Kier alpha value is -0.770. The van der Waals surface area contributed by atoms with E-state index in [2.05, 4.69) is 26.1 Å². The summed E-state index contributed by atoms with van der Waals surface area (Å²) in [6.07, 6.45) is 2.36. The number of amides is 1. The average Bonchev–Trinajstić information content (AvgIpc) is 2.19. The molecule has 0 heterocycles. The van der Waals surface area contributed by atoms with Crippen LogP contribution < -0.4 is 5.32 Å². The summed E-state index contributed by atoms with van der Waals surface area (Å²) in [6, 6.07) is 0. The second-order valence-corrected chi connectivity index (χ2v) is 6.38. The van der Waals surface area contributed by atoms with E-state index >= 15 is 0 Å². The summed E-state index contributed by atoms with van der Waals surface area (Å²) in [5.41, 5.74) is -1.23. The number of alkyl carbamates (subject to hydrolysis) is 1. The van der Waals surface area contributed by atoms with Crippen LogP contribution in [0, 0.1) is 5.41 Å². The van der Waals surface area contributed by atoms with Gasteiger partial charge in [0.1, 0.15) is 5.60 Å². The Morgan fingerprint density at radius 2 is 1.71 bits per heavy atom. The molecule has 0 unspecified atom stereocenters. The van der Waals surface area contributed by atoms with Crippen molar-refractivity contribution in [3.63, 3.8) is 0 Å². The first kappa shape index (κ1) is 14.3. The minimum Gasteiger partial charge on any atom is -0.442 e. The highest BCUT2D eigenvalue weighted by Crippen LogP contribution is 2.47. The van der Waals surface area contributed by atoms with Gasteiger partial charge in [-0.1, -0.05) is 20.8 Å². The Kier molecular flexibility index (Phi) is 3.77. The summed E-state index contributed by atoms with van der Waals surface area (Å²) < 4.78 is 5.62. The van der Waals surface area contributed by atoms with E-state index in [1.54, 1.807) is 7.05 Å². The van der Waals surface area contributed by atoms with Gasteiger partial charge in [0.2, 0.25) is 0 Å². The first-order chi connectivity index (χ1) is 7.62. The number of hydrogen-bond acceptors (Lipinski definition) is 3. The quantitative estimate of drug-likeness (QED) is 0.743. The van der Waals surface area contributed by atoms with E-state index < -0.39 is 11.2 Å². The Labute approximate surface area is 104 Å². The van der Waals surface area contributed by atoms with Crippen molar-refractivity contribution in [1.82, 2.24) is 5.32 Å². The molecule has 100 valence electrons. The van der Waals surface area contributed by atoms with Crippen LogP contribution >= 0.6 is 0 Å². The topological polar surface area (TPSA) is 58.6 Å². The first-order valence-electron chi connectivity index (χ1n) is 6.25. The lowest BCUT2D eigenvalue weighted by Crippen LogP contribution is -2.53. The van der Waals surface area contributed by atoms with Crippen LogP contribution in [0.2, 0.25) is 0 Å². The highest BCUT2D eigenvalue weighted by Gasteiger charge is 2.49. The van der Waals surface area contributed by atoms with Crippen molar-refractivity contribution in [1.29, 1.82) is 0 Å². The Morgan fingerprint density at radius 3 is 2.06 bits per heavy atom. The zero-order valence-electron chi connectivity index (χ0n) is 11.6. The minimum atomic E-state index is -0.624. The highest BCUT2D eigenvalue weighted by atomic mass is 16.6. The third-order valence-electron chi connectivity index (χ3n) is 3.99. The highest BCUT2D eigenvalue weighted by molar-refractivity contribution is 5.67. The molecule has 17 heavy (non-hydrogen) atoms. The number of rotatable bonds is 1. The van der Waals surface area contributed by atoms with E-state index in [0.29, 0.717) is 25.7 Å². The number of ether oxygens (including phenoxy) is 1. The summed E-state index contributed by atoms with van der Waals surface area (Å²) in [7, 11) is 1.57. The Bertz CT molecular complexity index is 282. The van der Waals surface area contributed by atoms with Gasteiger partial charge in [0.25, 0.3) is 0 Å². The van der Waals surface area contributed by atoms with E-state index in [1.165, 1.54) is 0 Å². The van der Waals surface area contributed by atoms with Crippen LogP contribution in [0.4, 0.5) is 4.79 Å². The zero-order valence-corrected chi connectivity index (χ0v) is 11.6. The lowest BCUT2D eigenvalue weighted by molar-refractivity contribution is -0.129. The van der Waals surface area contributed by atoms with Gasteiger partial charge in [-0.3, -0.25) is 0 Å². The molecule has 1 saturated carbocycles. The van der Waals surface area contributed by atoms with Crippen molar-refractivity contribution >= 4 is 6.09 Å². The molecule has 1 aliphatic carbocycles. The van der Waals surface area contributed by atoms with Gasteiger partial charge in [-0.2, -0.15) is 0 Å². The Morgan fingerprint density at radius 1 is 1.24 bits per heavy atom. The summed E-state index contributed by atoms with van der Waals surface area (Å²) in [5, 5.41) is 12.5. The third-order valence-corrected chi connectivity index (χ3v) is 3.99. The lowest BCUT2D eigenvalue weighted by atomic mass is 9.65. The Balaban J connectivity index is 2.87. The van der Waals surface area contributed by atoms with Crippen LogP contribution in [-0.4, -0.2) is 29.4 Å². The summed E-state index contributed by atoms with van der Waals surface area (Å²) in [5.74, 6) is 0. The molecule has 1 amide bonds. The van der Waals surface area contributed by atoms with Crippen LogP contribution in [0.15, 0.2) is 0 Å². The summed E-state index contributed by atoms with van der Waals surface area (Å²) in [4.78, 5) is 11.5. The van der Waals surface area contributed by atoms with Gasteiger partial charge in [-0.15, -0.1) is 0 Å². The van der Waals surface area contributed by atoms with Crippen LogP contribution in [-0.2, 0) is 4.74 Å². The first-order valence-corrected chi connectivity index (χ1v) is 6.25. The maximum atomic E-state index is 11.5. The van der Waals surface area contributed by atoms with Gasteiger partial charge in [0.15, 0.2) is 0 Å². The van der Waals surface area contributed by atoms with Crippen molar-refractivity contribution in [2.45, 2.75) is 64.6 Å². The maximum Gasteiger partial charge on any atom is 0.407 e. The normalized spacial score (nSPS) is 34.2. The number of carbonyl (C=O) groups is 1. The number of aliphatic hydroxyl groups is 1. The van der Waals surface area contributed by atoms with Gasteiger partial charge in [0, 0.05) is 12.5 Å². The van der Waals surface area contributed by atoms with Gasteiger partial charge in [-0.25, -0.2) is 4.79 Å².